The van der Waals surface area contributed by atoms with Crippen molar-refractivity contribution in [2.75, 3.05) is 26.2 Å². The Kier molecular flexibility index (Phi) is 5.78. The molecule has 0 radical (unpaired) electrons. The molecule has 1 aliphatic rings. The highest BCUT2D eigenvalue weighted by molar-refractivity contribution is 5.27. The van der Waals surface area contributed by atoms with Crippen LogP contribution >= 0.6 is 0 Å². The van der Waals surface area contributed by atoms with Crippen LogP contribution in [0.15, 0.2) is 60.7 Å². The van der Waals surface area contributed by atoms with Crippen molar-refractivity contribution in [2.45, 2.75) is 26.4 Å². The number of aromatic nitrogens is 4. The van der Waals surface area contributed by atoms with E-state index in [-0.39, 0.29) is 0 Å². The van der Waals surface area contributed by atoms with Gasteiger partial charge in [-0.15, -0.1) is 5.10 Å². The maximum absolute atomic E-state index is 4.46. The molecular formula is C22H30N6+2. The van der Waals surface area contributed by atoms with E-state index in [2.05, 4.69) is 84.0 Å². The van der Waals surface area contributed by atoms with E-state index in [9.17, 15) is 0 Å². The fourth-order valence-electron chi connectivity index (χ4n) is 4.40. The zero-order valence-corrected chi connectivity index (χ0v) is 16.8. The SMILES string of the molecule is CC(C)[C@H](c1nnnn1Cc1ccccc1)[NH+]1CC[NH+](c2ccccc2)CC1. The number of benzene rings is 2. The summed E-state index contributed by atoms with van der Waals surface area (Å²) in [6, 6.07) is 21.6. The maximum atomic E-state index is 4.46. The second-order valence-electron chi connectivity index (χ2n) is 8.03. The van der Waals surface area contributed by atoms with E-state index < -0.39 is 0 Å². The lowest BCUT2D eigenvalue weighted by Crippen LogP contribution is -3.26. The van der Waals surface area contributed by atoms with Crippen molar-refractivity contribution in [1.82, 2.24) is 20.2 Å². The van der Waals surface area contributed by atoms with E-state index in [0.29, 0.717) is 12.0 Å². The Balaban J connectivity index is 1.49. The molecule has 6 nitrogen and oxygen atoms in total. The van der Waals surface area contributed by atoms with Crippen molar-refractivity contribution in [3.05, 3.63) is 72.1 Å². The molecule has 0 saturated carbocycles. The minimum absolute atomic E-state index is 0.316. The van der Waals surface area contributed by atoms with E-state index in [1.165, 1.54) is 11.3 Å². The van der Waals surface area contributed by atoms with Gasteiger partial charge in [-0.25, -0.2) is 4.68 Å². The Morgan fingerprint density at radius 3 is 2.18 bits per heavy atom. The predicted octanol–water partition coefficient (Wildman–Crippen LogP) is 0.534. The van der Waals surface area contributed by atoms with Crippen LogP contribution in [0.25, 0.3) is 0 Å². The van der Waals surface area contributed by atoms with E-state index in [4.69, 9.17) is 0 Å². The summed E-state index contributed by atoms with van der Waals surface area (Å²) >= 11 is 0. The second kappa shape index (κ2) is 8.63. The van der Waals surface area contributed by atoms with Gasteiger partial charge in [-0.3, -0.25) is 4.90 Å². The second-order valence-corrected chi connectivity index (χ2v) is 8.03. The Bertz CT molecular complexity index is 853. The molecule has 0 amide bonds. The molecule has 1 fully saturated rings. The van der Waals surface area contributed by atoms with Gasteiger partial charge in [0.25, 0.3) is 0 Å². The van der Waals surface area contributed by atoms with E-state index in [1.54, 1.807) is 9.80 Å². The van der Waals surface area contributed by atoms with Crippen LogP contribution in [0.3, 0.4) is 0 Å². The monoisotopic (exact) mass is 378 g/mol. The zero-order valence-electron chi connectivity index (χ0n) is 16.8. The summed E-state index contributed by atoms with van der Waals surface area (Å²) in [6.07, 6.45) is 0. The Labute approximate surface area is 166 Å². The highest BCUT2D eigenvalue weighted by Gasteiger charge is 2.36. The number of nitrogens with zero attached hydrogens (tertiary/aromatic N) is 4. The first-order valence-electron chi connectivity index (χ1n) is 10.3. The third-order valence-corrected chi connectivity index (χ3v) is 5.80. The molecule has 1 atom stereocenters. The molecule has 2 heterocycles. The van der Waals surface area contributed by atoms with Crippen LogP contribution in [0.1, 0.15) is 31.3 Å². The van der Waals surface area contributed by atoms with Crippen molar-refractivity contribution in [1.29, 1.82) is 0 Å². The first kappa shape index (κ1) is 18.8. The van der Waals surface area contributed by atoms with Gasteiger partial charge in [-0.1, -0.05) is 62.4 Å². The summed E-state index contributed by atoms with van der Waals surface area (Å²) in [4.78, 5) is 3.18. The van der Waals surface area contributed by atoms with Crippen LogP contribution in [-0.2, 0) is 6.54 Å². The van der Waals surface area contributed by atoms with Crippen molar-refractivity contribution in [3.8, 4) is 0 Å². The summed E-state index contributed by atoms with van der Waals surface area (Å²) in [7, 11) is 0. The number of rotatable bonds is 6. The minimum atomic E-state index is 0.316. The lowest BCUT2D eigenvalue weighted by molar-refractivity contribution is -1.01. The number of hydrogen-bond acceptors (Lipinski definition) is 3. The molecule has 0 aliphatic carbocycles. The average Bonchev–Trinajstić information content (AvgIpc) is 3.17. The van der Waals surface area contributed by atoms with Crippen LogP contribution in [0, 0.1) is 5.92 Å². The number of hydrogen-bond donors (Lipinski definition) is 2. The fourth-order valence-corrected chi connectivity index (χ4v) is 4.40. The van der Waals surface area contributed by atoms with Crippen molar-refractivity contribution >= 4 is 5.69 Å². The molecule has 0 bridgehead atoms. The smallest absolute Gasteiger partial charge is 0.209 e. The summed E-state index contributed by atoms with van der Waals surface area (Å²) < 4.78 is 1.99. The Morgan fingerprint density at radius 2 is 1.54 bits per heavy atom. The fraction of sp³-hybridized carbons (Fsp3) is 0.409. The first-order valence-corrected chi connectivity index (χ1v) is 10.3. The lowest BCUT2D eigenvalue weighted by atomic mass is 10.0. The van der Waals surface area contributed by atoms with Crippen molar-refractivity contribution in [3.63, 3.8) is 0 Å². The van der Waals surface area contributed by atoms with E-state index in [0.717, 1.165) is 38.5 Å². The van der Waals surface area contributed by atoms with Gasteiger partial charge in [-0.05, 0) is 28.1 Å². The third kappa shape index (κ3) is 4.13. The molecule has 2 N–H and O–H groups in total. The molecule has 4 rings (SSSR count). The van der Waals surface area contributed by atoms with E-state index in [1.807, 2.05) is 10.7 Å². The quantitative estimate of drug-likeness (QED) is 0.658. The van der Waals surface area contributed by atoms with Crippen LogP contribution in [0.4, 0.5) is 5.69 Å². The van der Waals surface area contributed by atoms with Crippen LogP contribution in [0.5, 0.6) is 0 Å². The van der Waals surface area contributed by atoms with Gasteiger partial charge in [0.1, 0.15) is 31.9 Å². The average molecular weight is 379 g/mol. The lowest BCUT2D eigenvalue weighted by Gasteiger charge is -2.35. The molecule has 0 unspecified atom stereocenters. The molecular weight excluding hydrogens is 348 g/mol. The van der Waals surface area contributed by atoms with Gasteiger partial charge < -0.3 is 4.90 Å². The largest absolute Gasteiger partial charge is 0.317 e. The van der Waals surface area contributed by atoms with Crippen molar-refractivity contribution in [2.24, 2.45) is 5.92 Å². The molecule has 146 valence electrons. The van der Waals surface area contributed by atoms with Crippen LogP contribution in [0.2, 0.25) is 0 Å². The number of para-hydroxylation sites is 1. The predicted molar refractivity (Wildman–Crippen MR) is 108 cm³/mol. The highest BCUT2D eigenvalue weighted by Crippen LogP contribution is 2.17. The number of tetrazole rings is 1. The number of nitrogens with one attached hydrogen (secondary N) is 2. The standard InChI is InChI=1S/C22H28N6/c1-18(2)21(22-23-24-25-28(22)17-19-9-5-3-6-10-19)27-15-13-26(14-16-27)20-11-7-4-8-12-20/h3-12,18,21H,13-17H2,1-2H3/p+2/t21-/m1/s1. The molecule has 3 aromatic rings. The summed E-state index contributed by atoms with van der Waals surface area (Å²) in [5, 5.41) is 12.8. The van der Waals surface area contributed by atoms with Crippen molar-refractivity contribution < 1.29 is 9.80 Å². The molecule has 1 saturated heterocycles. The Hall–Kier alpha value is -2.57. The molecule has 1 aliphatic heterocycles. The molecule has 28 heavy (non-hydrogen) atoms. The molecule has 6 heteroatoms. The van der Waals surface area contributed by atoms with Gasteiger partial charge >= 0.3 is 0 Å². The maximum Gasteiger partial charge on any atom is 0.209 e. The number of quaternary nitrogens is 2. The summed E-state index contributed by atoms with van der Waals surface area (Å²) in [6.45, 7) is 9.84. The van der Waals surface area contributed by atoms with Gasteiger partial charge in [0.15, 0.2) is 6.04 Å². The summed E-state index contributed by atoms with van der Waals surface area (Å²) in [5.41, 5.74) is 2.63. The normalized spacial score (nSPS) is 21.0. The topological polar surface area (TPSA) is 52.5 Å². The molecule has 2 aromatic carbocycles. The minimum Gasteiger partial charge on any atom is -0.317 e. The summed E-state index contributed by atoms with van der Waals surface area (Å²) in [5.74, 6) is 1.49. The Morgan fingerprint density at radius 1 is 0.893 bits per heavy atom. The number of piperazine rings is 1. The third-order valence-electron chi connectivity index (χ3n) is 5.80. The van der Waals surface area contributed by atoms with Gasteiger partial charge in [0.2, 0.25) is 5.82 Å². The zero-order chi connectivity index (χ0) is 19.3. The van der Waals surface area contributed by atoms with Gasteiger partial charge in [0, 0.05) is 5.92 Å². The molecule has 0 spiro atoms. The first-order chi connectivity index (χ1) is 13.7. The van der Waals surface area contributed by atoms with E-state index >= 15 is 0 Å². The van der Waals surface area contributed by atoms with Crippen LogP contribution < -0.4 is 9.80 Å². The van der Waals surface area contributed by atoms with Gasteiger partial charge in [-0.2, -0.15) is 0 Å². The highest BCUT2D eigenvalue weighted by atomic mass is 15.6. The molecule has 1 aromatic heterocycles. The van der Waals surface area contributed by atoms with Gasteiger partial charge in [0.05, 0.1) is 6.54 Å². The van der Waals surface area contributed by atoms with Crippen LogP contribution in [-0.4, -0.2) is 46.4 Å².